The summed E-state index contributed by atoms with van der Waals surface area (Å²) in [5, 5.41) is 0. The molecule has 23 heavy (non-hydrogen) atoms. The monoisotopic (exact) mass is 318 g/mol. The standard InChI is InChI=1S/C19H27FN2O/c20-17-6-8-18(9-7-17)22-14-12-21(13-15-22)11-10-19(23)16-4-2-1-3-5-16/h6-9,16H,1-5,10-15H2. The second kappa shape index (κ2) is 7.91. The van der Waals surface area contributed by atoms with Crippen molar-refractivity contribution in [2.24, 2.45) is 5.92 Å². The number of halogens is 1. The third kappa shape index (κ3) is 4.54. The molecule has 1 heterocycles. The molecule has 1 aromatic rings. The highest BCUT2D eigenvalue weighted by atomic mass is 19.1. The summed E-state index contributed by atoms with van der Waals surface area (Å²) in [4.78, 5) is 17.0. The SMILES string of the molecule is O=C(CCN1CCN(c2ccc(F)cc2)CC1)C1CCCCC1. The molecule has 2 fully saturated rings. The molecule has 3 nitrogen and oxygen atoms in total. The van der Waals surface area contributed by atoms with Crippen molar-refractivity contribution in [3.05, 3.63) is 30.1 Å². The first-order valence-corrected chi connectivity index (χ1v) is 8.98. The molecular weight excluding hydrogens is 291 g/mol. The van der Waals surface area contributed by atoms with Gasteiger partial charge in [0.2, 0.25) is 0 Å². The van der Waals surface area contributed by atoms with E-state index in [1.54, 1.807) is 0 Å². The van der Waals surface area contributed by atoms with Crippen LogP contribution in [-0.4, -0.2) is 43.4 Å². The summed E-state index contributed by atoms with van der Waals surface area (Å²) in [6, 6.07) is 6.73. The summed E-state index contributed by atoms with van der Waals surface area (Å²) in [5.41, 5.74) is 1.09. The molecule has 0 atom stereocenters. The highest BCUT2D eigenvalue weighted by Crippen LogP contribution is 2.25. The molecule has 0 unspecified atom stereocenters. The van der Waals surface area contributed by atoms with Gasteiger partial charge in [0.25, 0.3) is 0 Å². The lowest BCUT2D eigenvalue weighted by atomic mass is 9.85. The number of piperazine rings is 1. The van der Waals surface area contributed by atoms with Crippen molar-refractivity contribution in [2.75, 3.05) is 37.6 Å². The van der Waals surface area contributed by atoms with Crippen LogP contribution in [0.15, 0.2) is 24.3 Å². The molecule has 0 bridgehead atoms. The lowest BCUT2D eigenvalue weighted by Gasteiger charge is -2.36. The second-order valence-electron chi connectivity index (χ2n) is 6.86. The number of carbonyl (C=O) groups excluding carboxylic acids is 1. The summed E-state index contributed by atoms with van der Waals surface area (Å²) in [6.07, 6.45) is 6.68. The minimum Gasteiger partial charge on any atom is -0.369 e. The average Bonchev–Trinajstić information content (AvgIpc) is 2.61. The fourth-order valence-electron chi connectivity index (χ4n) is 3.78. The smallest absolute Gasteiger partial charge is 0.137 e. The van der Waals surface area contributed by atoms with E-state index in [1.807, 2.05) is 12.1 Å². The van der Waals surface area contributed by atoms with Gasteiger partial charge in [0, 0.05) is 50.7 Å². The topological polar surface area (TPSA) is 23.6 Å². The first-order valence-electron chi connectivity index (χ1n) is 8.98. The van der Waals surface area contributed by atoms with E-state index >= 15 is 0 Å². The normalized spacial score (nSPS) is 20.7. The Morgan fingerprint density at radius 1 is 1.00 bits per heavy atom. The van der Waals surface area contributed by atoms with Gasteiger partial charge in [-0.05, 0) is 37.1 Å². The second-order valence-corrected chi connectivity index (χ2v) is 6.86. The minimum atomic E-state index is -0.186. The zero-order valence-corrected chi connectivity index (χ0v) is 13.8. The van der Waals surface area contributed by atoms with Gasteiger partial charge in [-0.3, -0.25) is 9.69 Å². The molecule has 1 saturated carbocycles. The molecule has 0 amide bonds. The van der Waals surface area contributed by atoms with Crippen LogP contribution in [0, 0.1) is 11.7 Å². The van der Waals surface area contributed by atoms with E-state index in [2.05, 4.69) is 9.80 Å². The van der Waals surface area contributed by atoms with Crippen LogP contribution in [0.5, 0.6) is 0 Å². The van der Waals surface area contributed by atoms with Crippen LogP contribution < -0.4 is 4.90 Å². The fraction of sp³-hybridized carbons (Fsp3) is 0.632. The number of carbonyl (C=O) groups is 1. The minimum absolute atomic E-state index is 0.186. The van der Waals surface area contributed by atoms with Crippen molar-refractivity contribution in [2.45, 2.75) is 38.5 Å². The van der Waals surface area contributed by atoms with Crippen molar-refractivity contribution < 1.29 is 9.18 Å². The van der Waals surface area contributed by atoms with Gasteiger partial charge in [-0.2, -0.15) is 0 Å². The van der Waals surface area contributed by atoms with E-state index < -0.39 is 0 Å². The van der Waals surface area contributed by atoms with Gasteiger partial charge in [0.05, 0.1) is 0 Å². The Morgan fingerprint density at radius 3 is 2.30 bits per heavy atom. The van der Waals surface area contributed by atoms with E-state index in [9.17, 15) is 9.18 Å². The maximum atomic E-state index is 13.0. The highest BCUT2D eigenvalue weighted by molar-refractivity contribution is 5.81. The number of ketones is 1. The van der Waals surface area contributed by atoms with Crippen LogP contribution in [0.2, 0.25) is 0 Å². The van der Waals surface area contributed by atoms with E-state index in [0.717, 1.165) is 51.3 Å². The van der Waals surface area contributed by atoms with Gasteiger partial charge in [-0.1, -0.05) is 19.3 Å². The molecular formula is C19H27FN2O. The maximum Gasteiger partial charge on any atom is 0.137 e. The van der Waals surface area contributed by atoms with E-state index in [1.165, 1.54) is 31.4 Å². The number of hydrogen-bond donors (Lipinski definition) is 0. The van der Waals surface area contributed by atoms with Crippen LogP contribution in [-0.2, 0) is 4.79 Å². The van der Waals surface area contributed by atoms with Gasteiger partial charge >= 0.3 is 0 Å². The van der Waals surface area contributed by atoms with Gasteiger partial charge in [0.15, 0.2) is 0 Å². The Balaban J connectivity index is 1.40. The third-order valence-corrected chi connectivity index (χ3v) is 5.30. The van der Waals surface area contributed by atoms with Crippen LogP contribution in [0.3, 0.4) is 0 Å². The zero-order chi connectivity index (χ0) is 16.1. The van der Waals surface area contributed by atoms with Gasteiger partial charge in [-0.15, -0.1) is 0 Å². The molecule has 3 rings (SSSR count). The summed E-state index contributed by atoms with van der Waals surface area (Å²) >= 11 is 0. The van der Waals surface area contributed by atoms with Crippen LogP contribution >= 0.6 is 0 Å². The molecule has 1 aromatic carbocycles. The molecule has 126 valence electrons. The number of anilines is 1. The van der Waals surface area contributed by atoms with E-state index in [-0.39, 0.29) is 5.82 Å². The molecule has 0 aromatic heterocycles. The first kappa shape index (κ1) is 16.4. The summed E-state index contributed by atoms with van der Waals surface area (Å²) in [7, 11) is 0. The predicted molar refractivity (Wildman–Crippen MR) is 91.3 cm³/mol. The van der Waals surface area contributed by atoms with Gasteiger partial charge in [-0.25, -0.2) is 4.39 Å². The molecule has 1 saturated heterocycles. The Morgan fingerprint density at radius 2 is 1.65 bits per heavy atom. The fourth-order valence-corrected chi connectivity index (χ4v) is 3.78. The average molecular weight is 318 g/mol. The first-order chi connectivity index (χ1) is 11.2. The largest absolute Gasteiger partial charge is 0.369 e. The Labute approximate surface area is 138 Å². The van der Waals surface area contributed by atoms with Gasteiger partial charge in [0.1, 0.15) is 11.6 Å². The van der Waals surface area contributed by atoms with E-state index in [0.29, 0.717) is 18.1 Å². The lowest BCUT2D eigenvalue weighted by Crippen LogP contribution is -2.47. The molecule has 1 aliphatic carbocycles. The van der Waals surface area contributed by atoms with Crippen molar-refractivity contribution in [3.63, 3.8) is 0 Å². The highest BCUT2D eigenvalue weighted by Gasteiger charge is 2.22. The van der Waals surface area contributed by atoms with Crippen molar-refractivity contribution in [1.82, 2.24) is 4.90 Å². The number of benzene rings is 1. The predicted octanol–water partition coefficient (Wildman–Crippen LogP) is 3.49. The molecule has 0 radical (unpaired) electrons. The Bertz CT molecular complexity index is 503. The Hall–Kier alpha value is -1.42. The summed E-state index contributed by atoms with van der Waals surface area (Å²) in [5.74, 6) is 0.628. The number of hydrogen-bond acceptors (Lipinski definition) is 3. The van der Waals surface area contributed by atoms with Crippen LogP contribution in [0.25, 0.3) is 0 Å². The zero-order valence-electron chi connectivity index (χ0n) is 13.8. The van der Waals surface area contributed by atoms with Crippen molar-refractivity contribution in [1.29, 1.82) is 0 Å². The van der Waals surface area contributed by atoms with Gasteiger partial charge < -0.3 is 4.90 Å². The molecule has 4 heteroatoms. The molecule has 2 aliphatic rings. The number of nitrogens with zero attached hydrogens (tertiary/aromatic N) is 2. The van der Waals surface area contributed by atoms with Crippen LogP contribution in [0.1, 0.15) is 38.5 Å². The molecule has 1 aliphatic heterocycles. The number of rotatable bonds is 5. The van der Waals surface area contributed by atoms with E-state index in [4.69, 9.17) is 0 Å². The number of Topliss-reactive ketones (excluding diaryl/α,β-unsaturated/α-hetero) is 1. The summed E-state index contributed by atoms with van der Waals surface area (Å²) in [6.45, 7) is 4.75. The Kier molecular flexibility index (Phi) is 5.65. The quantitative estimate of drug-likeness (QED) is 0.830. The van der Waals surface area contributed by atoms with Crippen molar-refractivity contribution >= 4 is 11.5 Å². The molecule has 0 N–H and O–H groups in total. The van der Waals surface area contributed by atoms with Crippen molar-refractivity contribution in [3.8, 4) is 0 Å². The molecule has 0 spiro atoms. The maximum absolute atomic E-state index is 13.0. The lowest BCUT2D eigenvalue weighted by molar-refractivity contribution is -0.124. The van der Waals surface area contributed by atoms with Crippen LogP contribution in [0.4, 0.5) is 10.1 Å². The summed E-state index contributed by atoms with van der Waals surface area (Å²) < 4.78 is 13.0. The third-order valence-electron chi connectivity index (χ3n) is 5.30.